The quantitative estimate of drug-likeness (QED) is 0.298. The predicted molar refractivity (Wildman–Crippen MR) is 130 cm³/mol. The maximum atomic E-state index is 12.8. The normalized spacial score (nSPS) is 12.4. The van der Waals surface area contributed by atoms with Crippen LogP contribution in [0.1, 0.15) is 38.8 Å². The van der Waals surface area contributed by atoms with E-state index in [1.807, 2.05) is 30.3 Å². The standard InChI is InChI=1S/C25H23BrN4O/c1-15(25(2,3)4)29-23-19-8-7-18(26)13-20(19)21-22(30-23)17(14-28-24(21)31)6-5-16-9-11-27-12-10-16/h7-15H,1-4H3,(H,28,31)(H,29,30). The Morgan fingerprint density at radius 1 is 1.10 bits per heavy atom. The number of pyridine rings is 3. The zero-order valence-corrected chi connectivity index (χ0v) is 19.5. The molecule has 0 saturated carbocycles. The van der Waals surface area contributed by atoms with Crippen molar-refractivity contribution in [1.29, 1.82) is 0 Å². The zero-order valence-electron chi connectivity index (χ0n) is 17.9. The van der Waals surface area contributed by atoms with Crippen LogP contribution in [0.4, 0.5) is 5.82 Å². The van der Waals surface area contributed by atoms with Crippen LogP contribution in [0.2, 0.25) is 0 Å². The van der Waals surface area contributed by atoms with Gasteiger partial charge in [-0.05, 0) is 42.7 Å². The summed E-state index contributed by atoms with van der Waals surface area (Å²) in [4.78, 5) is 24.6. The fourth-order valence-electron chi connectivity index (χ4n) is 3.19. The molecule has 0 aliphatic carbocycles. The Balaban J connectivity index is 2.00. The lowest BCUT2D eigenvalue weighted by Gasteiger charge is -2.29. The van der Waals surface area contributed by atoms with E-state index in [0.717, 1.165) is 26.6 Å². The van der Waals surface area contributed by atoms with E-state index < -0.39 is 0 Å². The van der Waals surface area contributed by atoms with Crippen molar-refractivity contribution in [1.82, 2.24) is 15.0 Å². The van der Waals surface area contributed by atoms with E-state index in [-0.39, 0.29) is 17.0 Å². The molecule has 6 heteroatoms. The molecule has 156 valence electrons. The Morgan fingerprint density at radius 2 is 1.84 bits per heavy atom. The van der Waals surface area contributed by atoms with Crippen molar-refractivity contribution in [2.24, 2.45) is 5.41 Å². The third kappa shape index (κ3) is 4.33. The molecule has 31 heavy (non-hydrogen) atoms. The first kappa shape index (κ1) is 21.1. The highest BCUT2D eigenvalue weighted by Crippen LogP contribution is 2.33. The van der Waals surface area contributed by atoms with Crippen LogP contribution >= 0.6 is 15.9 Å². The molecular weight excluding hydrogens is 452 g/mol. The minimum atomic E-state index is -0.185. The molecule has 1 aromatic carbocycles. The molecule has 0 saturated heterocycles. The van der Waals surface area contributed by atoms with Crippen molar-refractivity contribution < 1.29 is 0 Å². The summed E-state index contributed by atoms with van der Waals surface area (Å²) in [6, 6.07) is 9.76. The average molecular weight is 475 g/mol. The summed E-state index contributed by atoms with van der Waals surface area (Å²) in [6.07, 6.45) is 5.04. The molecule has 5 nitrogen and oxygen atoms in total. The topological polar surface area (TPSA) is 70.7 Å². The summed E-state index contributed by atoms with van der Waals surface area (Å²) in [5.74, 6) is 7.05. The minimum absolute atomic E-state index is 0.0382. The summed E-state index contributed by atoms with van der Waals surface area (Å²) >= 11 is 3.54. The van der Waals surface area contributed by atoms with Crippen LogP contribution in [-0.2, 0) is 0 Å². The number of H-pyrrole nitrogens is 1. The van der Waals surface area contributed by atoms with Crippen LogP contribution in [-0.4, -0.2) is 21.0 Å². The van der Waals surface area contributed by atoms with Crippen molar-refractivity contribution in [2.45, 2.75) is 33.7 Å². The van der Waals surface area contributed by atoms with E-state index in [1.54, 1.807) is 18.6 Å². The molecule has 0 bridgehead atoms. The molecule has 4 rings (SSSR count). The number of hydrogen-bond donors (Lipinski definition) is 2. The van der Waals surface area contributed by atoms with Crippen molar-refractivity contribution in [2.75, 3.05) is 5.32 Å². The van der Waals surface area contributed by atoms with Crippen LogP contribution in [0.15, 0.2) is 58.2 Å². The fourth-order valence-corrected chi connectivity index (χ4v) is 3.55. The van der Waals surface area contributed by atoms with Gasteiger partial charge in [-0.25, -0.2) is 4.98 Å². The van der Waals surface area contributed by atoms with E-state index in [4.69, 9.17) is 4.98 Å². The molecule has 1 atom stereocenters. The highest BCUT2D eigenvalue weighted by Gasteiger charge is 2.22. The van der Waals surface area contributed by atoms with Crippen molar-refractivity contribution >= 4 is 43.4 Å². The molecule has 0 aliphatic rings. The summed E-state index contributed by atoms with van der Waals surface area (Å²) in [5.41, 5.74) is 1.95. The first-order valence-corrected chi connectivity index (χ1v) is 10.9. The molecule has 1 unspecified atom stereocenters. The number of nitrogens with zero attached hydrogens (tertiary/aromatic N) is 2. The Kier molecular flexibility index (Phi) is 5.55. The van der Waals surface area contributed by atoms with Crippen molar-refractivity contribution in [3.8, 4) is 11.8 Å². The zero-order chi connectivity index (χ0) is 22.2. The van der Waals surface area contributed by atoms with E-state index >= 15 is 0 Å². The number of benzene rings is 1. The van der Waals surface area contributed by atoms with Gasteiger partial charge in [-0.15, -0.1) is 0 Å². The van der Waals surface area contributed by atoms with E-state index in [0.29, 0.717) is 16.5 Å². The second kappa shape index (κ2) is 8.16. The highest BCUT2D eigenvalue weighted by molar-refractivity contribution is 9.10. The van der Waals surface area contributed by atoms with E-state index in [1.165, 1.54) is 0 Å². The monoisotopic (exact) mass is 474 g/mol. The first-order chi connectivity index (χ1) is 14.7. The maximum Gasteiger partial charge on any atom is 0.258 e. The third-order valence-electron chi connectivity index (χ3n) is 5.47. The van der Waals surface area contributed by atoms with Gasteiger partial charge in [-0.2, -0.15) is 0 Å². The molecule has 2 N–H and O–H groups in total. The van der Waals surface area contributed by atoms with Crippen LogP contribution in [0.25, 0.3) is 21.7 Å². The number of rotatable bonds is 2. The van der Waals surface area contributed by atoms with Gasteiger partial charge in [0.05, 0.1) is 16.5 Å². The predicted octanol–water partition coefficient (Wildman–Crippen LogP) is 5.48. The van der Waals surface area contributed by atoms with Gasteiger partial charge in [-0.1, -0.05) is 48.5 Å². The summed E-state index contributed by atoms with van der Waals surface area (Å²) in [7, 11) is 0. The van der Waals surface area contributed by atoms with Gasteiger partial charge in [0.25, 0.3) is 5.56 Å². The number of nitrogens with one attached hydrogen (secondary N) is 2. The number of halogens is 1. The molecule has 0 spiro atoms. The maximum absolute atomic E-state index is 12.8. The fraction of sp³-hybridized carbons (Fsp3) is 0.240. The molecule has 0 aliphatic heterocycles. The molecule has 0 fully saturated rings. The smallest absolute Gasteiger partial charge is 0.258 e. The Morgan fingerprint density at radius 3 is 2.55 bits per heavy atom. The number of aromatic nitrogens is 3. The molecule has 3 aromatic heterocycles. The van der Waals surface area contributed by atoms with E-state index in [2.05, 4.69) is 70.8 Å². The van der Waals surface area contributed by atoms with E-state index in [9.17, 15) is 4.79 Å². The number of hydrogen-bond acceptors (Lipinski definition) is 4. The van der Waals surface area contributed by atoms with Gasteiger partial charge in [-0.3, -0.25) is 9.78 Å². The molecule has 0 radical (unpaired) electrons. The van der Waals surface area contributed by atoms with Crippen LogP contribution in [0, 0.1) is 17.3 Å². The van der Waals surface area contributed by atoms with Gasteiger partial charge in [0.1, 0.15) is 5.82 Å². The minimum Gasteiger partial charge on any atom is -0.367 e. The number of fused-ring (bicyclic) bond motifs is 3. The SMILES string of the molecule is CC(Nc1nc2c(C#Cc3ccncc3)c[nH]c(=O)c2c2cc(Br)ccc12)C(C)(C)C. The van der Waals surface area contributed by atoms with Crippen LogP contribution in [0.5, 0.6) is 0 Å². The molecule has 0 amide bonds. The summed E-state index contributed by atoms with van der Waals surface area (Å²) in [5, 5.41) is 5.83. The number of aromatic amines is 1. The second-order valence-corrected chi connectivity index (χ2v) is 9.54. The van der Waals surface area contributed by atoms with Crippen LogP contribution in [0.3, 0.4) is 0 Å². The van der Waals surface area contributed by atoms with Gasteiger partial charge < -0.3 is 10.3 Å². The Labute approximate surface area is 189 Å². The summed E-state index contributed by atoms with van der Waals surface area (Å²) < 4.78 is 0.898. The molecule has 3 heterocycles. The average Bonchev–Trinajstić information content (AvgIpc) is 2.73. The largest absolute Gasteiger partial charge is 0.367 e. The Bertz CT molecular complexity index is 1390. The van der Waals surface area contributed by atoms with Crippen molar-refractivity contribution in [3.05, 3.63) is 74.9 Å². The first-order valence-electron chi connectivity index (χ1n) is 10.1. The number of anilines is 1. The highest BCUT2D eigenvalue weighted by atomic mass is 79.9. The second-order valence-electron chi connectivity index (χ2n) is 8.62. The third-order valence-corrected chi connectivity index (χ3v) is 5.96. The van der Waals surface area contributed by atoms with Crippen molar-refractivity contribution in [3.63, 3.8) is 0 Å². The van der Waals surface area contributed by atoms with Gasteiger partial charge >= 0.3 is 0 Å². The lowest BCUT2D eigenvalue weighted by atomic mass is 9.88. The van der Waals surface area contributed by atoms with Crippen LogP contribution < -0.4 is 10.9 Å². The molecule has 4 aromatic rings. The van der Waals surface area contributed by atoms with Gasteiger partial charge in [0, 0.05) is 45.4 Å². The lowest BCUT2D eigenvalue weighted by molar-refractivity contribution is 0.359. The summed E-state index contributed by atoms with van der Waals surface area (Å²) in [6.45, 7) is 8.68. The van der Waals surface area contributed by atoms with Gasteiger partial charge in [0.2, 0.25) is 0 Å². The molecular formula is C25H23BrN4O. The van der Waals surface area contributed by atoms with Gasteiger partial charge in [0.15, 0.2) is 0 Å². The Hall–Kier alpha value is -3.17. The lowest BCUT2D eigenvalue weighted by Crippen LogP contribution is -2.31.